The minimum Gasteiger partial charge on any atom is -0.388 e. The van der Waals surface area contributed by atoms with Gasteiger partial charge in [0, 0.05) is 46.0 Å². The van der Waals surface area contributed by atoms with Gasteiger partial charge in [0.05, 0.1) is 4.34 Å². The Hall–Kier alpha value is -2.99. The van der Waals surface area contributed by atoms with Crippen molar-refractivity contribution >= 4 is 73.8 Å². The second kappa shape index (κ2) is 9.10. The summed E-state index contributed by atoms with van der Waals surface area (Å²) in [6.45, 7) is 0. The molecule has 4 rings (SSSR count). The molecule has 33 heavy (non-hydrogen) atoms. The molecular formula is C21H17ClN4O4S3. The molecule has 0 radical (unpaired) electrons. The topological polar surface area (TPSA) is 109 Å². The highest BCUT2D eigenvalue weighted by atomic mass is 35.5. The van der Waals surface area contributed by atoms with Crippen LogP contribution >= 0.6 is 35.6 Å². The molecule has 3 N–H and O–H groups in total. The zero-order chi connectivity index (χ0) is 23.8. The Morgan fingerprint density at radius 3 is 2.36 bits per heavy atom. The number of thiol groups is 1. The molecule has 0 aliphatic carbocycles. The van der Waals surface area contributed by atoms with Crippen molar-refractivity contribution in [2.45, 2.75) is 9.10 Å². The highest BCUT2D eigenvalue weighted by molar-refractivity contribution is 7.92. The first kappa shape index (κ1) is 23.2. The Morgan fingerprint density at radius 2 is 1.73 bits per heavy atom. The molecule has 0 bridgehead atoms. The van der Waals surface area contributed by atoms with Crippen LogP contribution in [-0.2, 0) is 10.0 Å². The molecule has 0 saturated carbocycles. The van der Waals surface area contributed by atoms with Crippen LogP contribution in [0.2, 0.25) is 4.34 Å². The number of nitrogens with zero attached hydrogens (tertiary/aromatic N) is 1. The van der Waals surface area contributed by atoms with Crippen molar-refractivity contribution in [3.05, 3.63) is 75.5 Å². The quantitative estimate of drug-likeness (QED) is 0.289. The van der Waals surface area contributed by atoms with Crippen molar-refractivity contribution < 1.29 is 13.2 Å². The van der Waals surface area contributed by atoms with Crippen LogP contribution in [0.5, 0.6) is 0 Å². The van der Waals surface area contributed by atoms with E-state index in [-0.39, 0.29) is 9.77 Å². The third-order valence-corrected chi connectivity index (χ3v) is 8.14. The van der Waals surface area contributed by atoms with E-state index in [2.05, 4.69) is 23.3 Å². The van der Waals surface area contributed by atoms with Crippen LogP contribution in [0.4, 0.5) is 16.2 Å². The largest absolute Gasteiger partial charge is 0.388 e. The number of halogens is 1. The van der Waals surface area contributed by atoms with Crippen molar-refractivity contribution in [1.29, 1.82) is 0 Å². The van der Waals surface area contributed by atoms with Crippen LogP contribution in [0.15, 0.2) is 74.7 Å². The van der Waals surface area contributed by atoms with Gasteiger partial charge in [-0.05, 0) is 54.6 Å². The standard InChI is InChI=1S/C21H17ClN4O4S3/c1-23-13-4-7-15-16(10-13)17(31)11-26(20(15)27)14-5-2-12(3-6-14)24-21(28)25-33(29,30)19-9-8-18(22)32-19/h2-11,23,31H,1H3,(H2,24,25,28). The second-order valence-corrected chi connectivity index (χ2v) is 11.0. The molecule has 0 saturated heterocycles. The first-order valence-corrected chi connectivity index (χ1v) is 12.6. The molecule has 0 atom stereocenters. The zero-order valence-electron chi connectivity index (χ0n) is 17.0. The van der Waals surface area contributed by atoms with Crippen molar-refractivity contribution in [3.8, 4) is 5.69 Å². The number of fused-ring (bicyclic) bond motifs is 1. The first-order valence-electron chi connectivity index (χ1n) is 9.43. The highest BCUT2D eigenvalue weighted by Crippen LogP contribution is 2.26. The summed E-state index contributed by atoms with van der Waals surface area (Å²) >= 11 is 11.1. The molecule has 2 amide bonds. The van der Waals surface area contributed by atoms with Crippen molar-refractivity contribution in [1.82, 2.24) is 9.29 Å². The van der Waals surface area contributed by atoms with Crippen LogP contribution in [0, 0.1) is 0 Å². The van der Waals surface area contributed by atoms with Gasteiger partial charge < -0.3 is 10.6 Å². The summed E-state index contributed by atoms with van der Waals surface area (Å²) in [5.41, 5.74) is 1.55. The van der Waals surface area contributed by atoms with E-state index in [9.17, 15) is 18.0 Å². The van der Waals surface area contributed by atoms with E-state index in [0.29, 0.717) is 26.0 Å². The summed E-state index contributed by atoms with van der Waals surface area (Å²) in [5.74, 6) is 0. The van der Waals surface area contributed by atoms with E-state index in [1.165, 1.54) is 16.7 Å². The maximum atomic E-state index is 13.0. The number of rotatable bonds is 5. The molecule has 2 aromatic carbocycles. The predicted octanol–water partition coefficient (Wildman–Crippen LogP) is 4.55. The smallest absolute Gasteiger partial charge is 0.333 e. The molecule has 0 aliphatic rings. The number of amides is 2. The highest BCUT2D eigenvalue weighted by Gasteiger charge is 2.20. The minimum atomic E-state index is -4.03. The maximum Gasteiger partial charge on any atom is 0.333 e. The predicted molar refractivity (Wildman–Crippen MR) is 135 cm³/mol. The summed E-state index contributed by atoms with van der Waals surface area (Å²) in [4.78, 5) is 25.8. The maximum absolute atomic E-state index is 13.0. The van der Waals surface area contributed by atoms with Crippen molar-refractivity contribution in [2.24, 2.45) is 0 Å². The molecular weight excluding hydrogens is 504 g/mol. The van der Waals surface area contributed by atoms with Crippen molar-refractivity contribution in [2.75, 3.05) is 17.7 Å². The number of hydrogen-bond acceptors (Lipinski definition) is 7. The van der Waals surface area contributed by atoms with Crippen LogP contribution in [0.1, 0.15) is 0 Å². The van der Waals surface area contributed by atoms with Gasteiger partial charge in [-0.2, -0.15) is 0 Å². The third-order valence-electron chi connectivity index (χ3n) is 4.73. The van der Waals surface area contributed by atoms with Gasteiger partial charge in [-0.25, -0.2) is 17.9 Å². The fourth-order valence-electron chi connectivity index (χ4n) is 3.15. The number of aromatic nitrogens is 1. The number of urea groups is 1. The fourth-order valence-corrected chi connectivity index (χ4v) is 5.84. The molecule has 4 aromatic rings. The van der Waals surface area contributed by atoms with E-state index in [1.807, 2.05) is 16.9 Å². The van der Waals surface area contributed by atoms with Gasteiger partial charge in [-0.3, -0.25) is 9.36 Å². The van der Waals surface area contributed by atoms with Gasteiger partial charge in [-0.15, -0.1) is 24.0 Å². The summed E-state index contributed by atoms with van der Waals surface area (Å²) in [6, 6.07) is 13.6. The van der Waals surface area contributed by atoms with Gasteiger partial charge in [0.25, 0.3) is 15.6 Å². The van der Waals surface area contributed by atoms with E-state index in [1.54, 1.807) is 43.6 Å². The van der Waals surface area contributed by atoms with E-state index < -0.39 is 16.1 Å². The van der Waals surface area contributed by atoms with Gasteiger partial charge in [-0.1, -0.05) is 11.6 Å². The molecule has 12 heteroatoms. The minimum absolute atomic E-state index is 0.0712. The number of sulfonamides is 1. The number of hydrogen-bond donors (Lipinski definition) is 4. The normalized spacial score (nSPS) is 11.4. The van der Waals surface area contributed by atoms with Gasteiger partial charge >= 0.3 is 6.03 Å². The summed E-state index contributed by atoms with van der Waals surface area (Å²) in [7, 11) is -2.24. The Morgan fingerprint density at radius 1 is 1.03 bits per heavy atom. The summed E-state index contributed by atoms with van der Waals surface area (Å²) < 4.78 is 28.1. The average Bonchev–Trinajstić information content (AvgIpc) is 3.23. The van der Waals surface area contributed by atoms with E-state index in [0.717, 1.165) is 22.4 Å². The Labute approximate surface area is 203 Å². The Balaban J connectivity index is 1.55. The summed E-state index contributed by atoms with van der Waals surface area (Å²) in [5, 5.41) is 6.73. The number of carbonyl (C=O) groups excluding carboxylic acids is 1. The fraction of sp³-hybridized carbons (Fsp3) is 0.0476. The molecule has 2 heterocycles. The number of thiophene rings is 1. The lowest BCUT2D eigenvalue weighted by Crippen LogP contribution is -2.33. The Bertz CT molecular complexity index is 1530. The third kappa shape index (κ3) is 4.86. The number of pyridine rings is 1. The van der Waals surface area contributed by atoms with Gasteiger partial charge in [0.2, 0.25) is 0 Å². The van der Waals surface area contributed by atoms with E-state index >= 15 is 0 Å². The van der Waals surface area contributed by atoms with Crippen LogP contribution < -0.4 is 20.9 Å². The molecule has 0 unspecified atom stereocenters. The van der Waals surface area contributed by atoms with Crippen LogP contribution in [0.3, 0.4) is 0 Å². The lowest BCUT2D eigenvalue weighted by molar-refractivity contribution is 0.256. The molecule has 8 nitrogen and oxygen atoms in total. The Kier molecular flexibility index (Phi) is 6.39. The van der Waals surface area contributed by atoms with E-state index in [4.69, 9.17) is 11.6 Å². The van der Waals surface area contributed by atoms with Gasteiger partial charge in [0.1, 0.15) is 4.21 Å². The molecule has 2 aromatic heterocycles. The number of nitrogens with one attached hydrogen (secondary N) is 3. The lowest BCUT2D eigenvalue weighted by atomic mass is 10.1. The molecule has 170 valence electrons. The van der Waals surface area contributed by atoms with Crippen LogP contribution in [-0.4, -0.2) is 26.1 Å². The molecule has 0 spiro atoms. The molecule has 0 aliphatic heterocycles. The van der Waals surface area contributed by atoms with Crippen molar-refractivity contribution in [3.63, 3.8) is 0 Å². The van der Waals surface area contributed by atoms with Gasteiger partial charge in [0.15, 0.2) is 0 Å². The van der Waals surface area contributed by atoms with Crippen LogP contribution in [0.25, 0.3) is 16.5 Å². The molecule has 0 fully saturated rings. The number of anilines is 2. The second-order valence-electron chi connectivity index (χ2n) is 6.86. The summed E-state index contributed by atoms with van der Waals surface area (Å²) in [6.07, 6.45) is 1.63. The first-order chi connectivity index (χ1) is 15.7. The number of carbonyl (C=O) groups is 1. The average molecular weight is 521 g/mol. The zero-order valence-corrected chi connectivity index (χ0v) is 20.3. The monoisotopic (exact) mass is 520 g/mol. The number of benzene rings is 2. The SMILES string of the molecule is CNc1ccc2c(=O)n(-c3ccc(NC(=O)NS(=O)(=O)c4ccc(Cl)s4)cc3)cc(S)c2c1. The lowest BCUT2D eigenvalue weighted by Gasteiger charge is -2.12.